The summed E-state index contributed by atoms with van der Waals surface area (Å²) in [7, 11) is 0. The van der Waals surface area contributed by atoms with Crippen molar-refractivity contribution in [1.82, 2.24) is 9.97 Å². The Morgan fingerprint density at radius 2 is 1.86 bits per heavy atom. The van der Waals surface area contributed by atoms with Crippen LogP contribution in [0.25, 0.3) is 0 Å². The highest BCUT2D eigenvalue weighted by molar-refractivity contribution is 6.33. The van der Waals surface area contributed by atoms with E-state index in [9.17, 15) is 10.2 Å². The topological polar surface area (TPSA) is 78.3 Å². The number of halogens is 2. The molecule has 2 rings (SSSR count). The molecular weight excluding hydrogens is 313 g/mol. The Hall–Kier alpha value is -1.40. The predicted molar refractivity (Wildman–Crippen MR) is 82.7 cm³/mol. The van der Waals surface area contributed by atoms with Gasteiger partial charge in [0.25, 0.3) is 0 Å². The fourth-order valence-corrected chi connectivity index (χ4v) is 2.06. The van der Waals surface area contributed by atoms with Gasteiger partial charge in [0.15, 0.2) is 11.6 Å². The smallest absolute Gasteiger partial charge is 0.224 e. The van der Waals surface area contributed by atoms with Gasteiger partial charge in [0.1, 0.15) is 5.02 Å². The Bertz CT molecular complexity index is 648. The zero-order chi connectivity index (χ0) is 15.6. The van der Waals surface area contributed by atoms with Gasteiger partial charge in [-0.15, -0.1) is 0 Å². The molecule has 0 bridgehead atoms. The SMILES string of the molecule is CC(C)C(O)(O)c1ccccc1Nc1nc(Cl)ncc1Cl. The van der Waals surface area contributed by atoms with E-state index < -0.39 is 11.7 Å². The van der Waals surface area contributed by atoms with Crippen LogP contribution in [0, 0.1) is 5.92 Å². The first kappa shape index (κ1) is 16.0. The highest BCUT2D eigenvalue weighted by Gasteiger charge is 2.32. The monoisotopic (exact) mass is 327 g/mol. The lowest BCUT2D eigenvalue weighted by molar-refractivity contribution is -0.200. The minimum Gasteiger partial charge on any atom is -0.362 e. The molecule has 3 N–H and O–H groups in total. The Morgan fingerprint density at radius 1 is 1.19 bits per heavy atom. The summed E-state index contributed by atoms with van der Waals surface area (Å²) in [6.07, 6.45) is 1.37. The van der Waals surface area contributed by atoms with Crippen molar-refractivity contribution in [3.63, 3.8) is 0 Å². The fraction of sp³-hybridized carbons (Fsp3) is 0.286. The van der Waals surface area contributed by atoms with Gasteiger partial charge < -0.3 is 15.5 Å². The molecular formula is C14H15Cl2N3O2. The van der Waals surface area contributed by atoms with E-state index in [2.05, 4.69) is 15.3 Å². The third-order valence-corrected chi connectivity index (χ3v) is 3.56. The second kappa shape index (κ2) is 6.15. The van der Waals surface area contributed by atoms with E-state index >= 15 is 0 Å². The molecule has 1 aromatic heterocycles. The first-order valence-corrected chi connectivity index (χ1v) is 7.07. The number of hydrogen-bond acceptors (Lipinski definition) is 5. The summed E-state index contributed by atoms with van der Waals surface area (Å²) < 4.78 is 0. The normalized spacial score (nSPS) is 11.8. The summed E-state index contributed by atoms with van der Waals surface area (Å²) in [6, 6.07) is 6.81. The predicted octanol–water partition coefficient (Wildman–Crippen LogP) is 3.32. The van der Waals surface area contributed by atoms with Crippen molar-refractivity contribution in [2.75, 3.05) is 5.32 Å². The van der Waals surface area contributed by atoms with Gasteiger partial charge in [0.2, 0.25) is 5.28 Å². The van der Waals surface area contributed by atoms with E-state index in [1.807, 2.05) is 0 Å². The second-order valence-electron chi connectivity index (χ2n) is 4.89. The lowest BCUT2D eigenvalue weighted by Crippen LogP contribution is -2.32. The number of para-hydroxylation sites is 1. The van der Waals surface area contributed by atoms with Crippen LogP contribution < -0.4 is 5.32 Å². The highest BCUT2D eigenvalue weighted by Crippen LogP contribution is 2.34. The van der Waals surface area contributed by atoms with Crippen molar-refractivity contribution in [2.45, 2.75) is 19.6 Å². The summed E-state index contributed by atoms with van der Waals surface area (Å²) in [4.78, 5) is 7.75. The van der Waals surface area contributed by atoms with Crippen LogP contribution in [-0.2, 0) is 5.79 Å². The number of aromatic nitrogens is 2. The number of benzene rings is 1. The minimum absolute atomic E-state index is 0.0440. The standard InChI is InChI=1S/C14H15Cl2N3O2/c1-8(2)14(20,21)9-5-3-4-6-11(9)18-12-10(15)7-17-13(16)19-12/h3-8,20-21H,1-2H3,(H,17,18,19). The van der Waals surface area contributed by atoms with Crippen LogP contribution in [0.2, 0.25) is 10.3 Å². The molecule has 5 nitrogen and oxygen atoms in total. The first-order chi connectivity index (χ1) is 9.82. The van der Waals surface area contributed by atoms with Crippen molar-refractivity contribution < 1.29 is 10.2 Å². The van der Waals surface area contributed by atoms with Crippen LogP contribution >= 0.6 is 23.2 Å². The Balaban J connectivity index is 2.44. The zero-order valence-corrected chi connectivity index (χ0v) is 13.0. The number of rotatable bonds is 4. The lowest BCUT2D eigenvalue weighted by Gasteiger charge is -2.28. The van der Waals surface area contributed by atoms with Crippen LogP contribution in [0.5, 0.6) is 0 Å². The number of hydrogen-bond donors (Lipinski definition) is 3. The van der Waals surface area contributed by atoms with Crippen molar-refractivity contribution >= 4 is 34.7 Å². The quantitative estimate of drug-likeness (QED) is 0.593. The Labute approximate surface area is 132 Å². The van der Waals surface area contributed by atoms with Gasteiger partial charge in [-0.3, -0.25) is 0 Å². The van der Waals surface area contributed by atoms with E-state index in [1.54, 1.807) is 38.1 Å². The average Bonchev–Trinajstić information content (AvgIpc) is 2.43. The fourth-order valence-electron chi connectivity index (χ4n) is 1.78. The summed E-state index contributed by atoms with van der Waals surface area (Å²) in [5.41, 5.74) is 0.804. The van der Waals surface area contributed by atoms with Crippen LogP contribution in [0.1, 0.15) is 19.4 Å². The maximum Gasteiger partial charge on any atom is 0.224 e. The second-order valence-corrected chi connectivity index (χ2v) is 5.63. The van der Waals surface area contributed by atoms with Crippen LogP contribution in [0.15, 0.2) is 30.5 Å². The number of anilines is 2. The van der Waals surface area contributed by atoms with Gasteiger partial charge in [-0.2, -0.15) is 4.98 Å². The molecule has 0 aliphatic carbocycles. The van der Waals surface area contributed by atoms with Gasteiger partial charge in [0, 0.05) is 17.2 Å². The number of aliphatic hydroxyl groups is 2. The molecule has 7 heteroatoms. The van der Waals surface area contributed by atoms with E-state index in [0.29, 0.717) is 17.1 Å². The largest absolute Gasteiger partial charge is 0.362 e. The van der Waals surface area contributed by atoms with Crippen molar-refractivity contribution in [1.29, 1.82) is 0 Å². The Morgan fingerprint density at radius 3 is 2.52 bits per heavy atom. The molecule has 0 aliphatic heterocycles. The van der Waals surface area contributed by atoms with Crippen LogP contribution in [-0.4, -0.2) is 20.2 Å². The number of nitrogens with one attached hydrogen (secondary N) is 1. The molecule has 112 valence electrons. The van der Waals surface area contributed by atoms with Crippen molar-refractivity contribution in [2.24, 2.45) is 5.92 Å². The molecule has 0 spiro atoms. The van der Waals surface area contributed by atoms with Gasteiger partial charge in [0.05, 0.1) is 6.20 Å². The van der Waals surface area contributed by atoms with E-state index in [-0.39, 0.29) is 10.3 Å². The molecule has 0 saturated carbocycles. The summed E-state index contributed by atoms with van der Waals surface area (Å²) in [5, 5.41) is 23.8. The Kier molecular flexibility index (Phi) is 4.68. The van der Waals surface area contributed by atoms with E-state index in [1.165, 1.54) is 6.20 Å². The van der Waals surface area contributed by atoms with Gasteiger partial charge in [-0.25, -0.2) is 4.98 Å². The molecule has 0 saturated heterocycles. The van der Waals surface area contributed by atoms with Crippen molar-refractivity contribution in [3.05, 3.63) is 46.3 Å². The summed E-state index contributed by atoms with van der Waals surface area (Å²) >= 11 is 11.7. The summed E-state index contributed by atoms with van der Waals surface area (Å²) in [6.45, 7) is 3.43. The lowest BCUT2D eigenvalue weighted by atomic mass is 9.93. The maximum atomic E-state index is 10.3. The van der Waals surface area contributed by atoms with Crippen molar-refractivity contribution in [3.8, 4) is 0 Å². The molecule has 0 aliphatic rings. The van der Waals surface area contributed by atoms with Crippen LogP contribution in [0.4, 0.5) is 11.5 Å². The molecule has 0 amide bonds. The molecule has 2 aromatic rings. The van der Waals surface area contributed by atoms with Crippen LogP contribution in [0.3, 0.4) is 0 Å². The first-order valence-electron chi connectivity index (χ1n) is 6.31. The third-order valence-electron chi connectivity index (χ3n) is 3.10. The average molecular weight is 328 g/mol. The molecule has 0 radical (unpaired) electrons. The molecule has 21 heavy (non-hydrogen) atoms. The minimum atomic E-state index is -1.98. The molecule has 0 unspecified atom stereocenters. The zero-order valence-electron chi connectivity index (χ0n) is 11.5. The third kappa shape index (κ3) is 3.44. The number of nitrogens with zero attached hydrogens (tertiary/aromatic N) is 2. The van der Waals surface area contributed by atoms with Gasteiger partial charge >= 0.3 is 0 Å². The summed E-state index contributed by atoms with van der Waals surface area (Å²) in [5.74, 6) is -2.08. The van der Waals surface area contributed by atoms with Gasteiger partial charge in [-0.05, 0) is 17.7 Å². The molecule has 1 aromatic carbocycles. The highest BCUT2D eigenvalue weighted by atomic mass is 35.5. The van der Waals surface area contributed by atoms with Gasteiger partial charge in [-0.1, -0.05) is 43.6 Å². The van der Waals surface area contributed by atoms with E-state index in [4.69, 9.17) is 23.2 Å². The molecule has 0 fully saturated rings. The maximum absolute atomic E-state index is 10.3. The van der Waals surface area contributed by atoms with E-state index in [0.717, 1.165) is 0 Å². The molecule has 1 heterocycles. The molecule has 0 atom stereocenters.